The van der Waals surface area contributed by atoms with Crippen molar-refractivity contribution in [2.75, 3.05) is 16.8 Å². The molecule has 1 atom stereocenters. The monoisotopic (exact) mass is 367 g/mol. The van der Waals surface area contributed by atoms with Crippen molar-refractivity contribution in [1.82, 2.24) is 5.32 Å². The highest BCUT2D eigenvalue weighted by Gasteiger charge is 2.23. The van der Waals surface area contributed by atoms with Crippen LogP contribution in [0.15, 0.2) is 42.5 Å². The van der Waals surface area contributed by atoms with Gasteiger partial charge in [0.25, 0.3) is 0 Å². The molecule has 0 saturated carbocycles. The Hall–Kier alpha value is -2.40. The predicted octanol–water partition coefficient (Wildman–Crippen LogP) is 4.48. The maximum atomic E-state index is 12.0. The Morgan fingerprint density at radius 2 is 1.92 bits per heavy atom. The number of aryl methyl sites for hydroxylation is 2. The minimum Gasteiger partial charge on any atom is -0.356 e. The van der Waals surface area contributed by atoms with Crippen LogP contribution >= 0.6 is 12.2 Å². The molecule has 1 heterocycles. The molecule has 2 aromatic carbocycles. The fourth-order valence-corrected chi connectivity index (χ4v) is 3.75. The van der Waals surface area contributed by atoms with E-state index in [4.69, 9.17) is 12.2 Å². The fraction of sp³-hybridized carbons (Fsp3) is 0.333. The van der Waals surface area contributed by atoms with Crippen LogP contribution in [-0.4, -0.2) is 17.6 Å². The summed E-state index contributed by atoms with van der Waals surface area (Å²) in [4.78, 5) is 13.8. The summed E-state index contributed by atoms with van der Waals surface area (Å²) in [5.74, 6) is 0.207. The Morgan fingerprint density at radius 3 is 2.58 bits per heavy atom. The van der Waals surface area contributed by atoms with Crippen LogP contribution in [0.5, 0.6) is 0 Å². The maximum Gasteiger partial charge on any atom is 0.227 e. The number of thiocarbonyl (C=S) groups is 1. The molecule has 1 aliphatic rings. The SMILES string of the molecule is Cc1ccccc1[C@H](C)NC(=S)Nc1ccc(N2CCCC2=O)c(C)c1. The molecular weight excluding hydrogens is 342 g/mol. The first kappa shape index (κ1) is 18.4. The molecule has 0 spiro atoms. The molecule has 4 nitrogen and oxygen atoms in total. The number of hydrogen-bond acceptors (Lipinski definition) is 2. The van der Waals surface area contributed by atoms with Crippen molar-refractivity contribution < 1.29 is 4.79 Å². The van der Waals surface area contributed by atoms with Gasteiger partial charge in [-0.05, 0) is 74.3 Å². The summed E-state index contributed by atoms with van der Waals surface area (Å²) in [7, 11) is 0. The van der Waals surface area contributed by atoms with Crippen molar-refractivity contribution in [3.63, 3.8) is 0 Å². The lowest BCUT2D eigenvalue weighted by molar-refractivity contribution is -0.117. The summed E-state index contributed by atoms with van der Waals surface area (Å²) >= 11 is 5.47. The van der Waals surface area contributed by atoms with Crippen molar-refractivity contribution in [1.29, 1.82) is 0 Å². The lowest BCUT2D eigenvalue weighted by atomic mass is 10.0. The Kier molecular flexibility index (Phi) is 5.57. The molecule has 1 saturated heterocycles. The molecule has 0 radical (unpaired) electrons. The average Bonchev–Trinajstić information content (AvgIpc) is 3.01. The van der Waals surface area contributed by atoms with Gasteiger partial charge in [-0.25, -0.2) is 0 Å². The van der Waals surface area contributed by atoms with E-state index in [0.29, 0.717) is 11.5 Å². The number of amides is 1. The van der Waals surface area contributed by atoms with Crippen LogP contribution in [0, 0.1) is 13.8 Å². The molecule has 0 unspecified atom stereocenters. The summed E-state index contributed by atoms with van der Waals surface area (Å²) < 4.78 is 0. The van der Waals surface area contributed by atoms with Gasteiger partial charge in [-0.15, -0.1) is 0 Å². The molecule has 1 aliphatic heterocycles. The smallest absolute Gasteiger partial charge is 0.227 e. The third-order valence-electron chi connectivity index (χ3n) is 4.82. The summed E-state index contributed by atoms with van der Waals surface area (Å²) in [6.45, 7) is 7.04. The zero-order chi connectivity index (χ0) is 18.7. The van der Waals surface area contributed by atoms with E-state index in [-0.39, 0.29) is 11.9 Å². The van der Waals surface area contributed by atoms with Gasteiger partial charge in [0.2, 0.25) is 5.91 Å². The molecular formula is C21H25N3OS. The first-order chi connectivity index (χ1) is 12.5. The molecule has 26 heavy (non-hydrogen) atoms. The zero-order valence-electron chi connectivity index (χ0n) is 15.5. The van der Waals surface area contributed by atoms with E-state index < -0.39 is 0 Å². The number of anilines is 2. The Morgan fingerprint density at radius 1 is 1.15 bits per heavy atom. The van der Waals surface area contributed by atoms with Crippen LogP contribution in [0.3, 0.4) is 0 Å². The number of carbonyl (C=O) groups excluding carboxylic acids is 1. The molecule has 136 valence electrons. The van der Waals surface area contributed by atoms with Crippen molar-refractivity contribution in [3.8, 4) is 0 Å². The van der Waals surface area contributed by atoms with Crippen molar-refractivity contribution in [3.05, 3.63) is 59.2 Å². The molecule has 3 rings (SSSR count). The molecule has 0 aliphatic carbocycles. The first-order valence-corrected chi connectivity index (χ1v) is 9.40. The molecule has 0 bridgehead atoms. The molecule has 0 aromatic heterocycles. The first-order valence-electron chi connectivity index (χ1n) is 9.00. The topological polar surface area (TPSA) is 44.4 Å². The van der Waals surface area contributed by atoms with Gasteiger partial charge < -0.3 is 15.5 Å². The molecule has 1 fully saturated rings. The van der Waals surface area contributed by atoms with E-state index >= 15 is 0 Å². The number of carbonyl (C=O) groups is 1. The highest BCUT2D eigenvalue weighted by atomic mass is 32.1. The summed E-state index contributed by atoms with van der Waals surface area (Å²) in [5, 5.41) is 7.17. The molecule has 2 aromatic rings. The molecule has 5 heteroatoms. The number of hydrogen-bond donors (Lipinski definition) is 2. The van der Waals surface area contributed by atoms with E-state index in [1.54, 1.807) is 0 Å². The van der Waals surface area contributed by atoms with E-state index in [9.17, 15) is 4.79 Å². The minimum absolute atomic E-state index is 0.124. The Labute approximate surface area is 160 Å². The van der Waals surface area contributed by atoms with Gasteiger partial charge in [0, 0.05) is 24.3 Å². The summed E-state index contributed by atoms with van der Waals surface area (Å²) in [6, 6.07) is 14.4. The van der Waals surface area contributed by atoms with Crippen LogP contribution in [0.1, 0.15) is 42.5 Å². The van der Waals surface area contributed by atoms with Gasteiger partial charge in [-0.1, -0.05) is 24.3 Å². The standard InChI is InChI=1S/C21H25N3OS/c1-14-7-4-5-8-18(14)16(3)22-21(26)23-17-10-11-19(15(2)13-17)24-12-6-9-20(24)25/h4-5,7-8,10-11,13,16H,6,9,12H2,1-3H3,(H2,22,23,26)/t16-/m0/s1. The van der Waals surface area contributed by atoms with E-state index in [1.165, 1.54) is 11.1 Å². The zero-order valence-corrected chi connectivity index (χ0v) is 16.3. The van der Waals surface area contributed by atoms with Gasteiger partial charge >= 0.3 is 0 Å². The van der Waals surface area contributed by atoms with E-state index in [1.807, 2.05) is 42.2 Å². The fourth-order valence-electron chi connectivity index (χ4n) is 3.45. The van der Waals surface area contributed by atoms with Crippen molar-refractivity contribution >= 4 is 34.6 Å². The average molecular weight is 368 g/mol. The second-order valence-corrected chi connectivity index (χ2v) is 7.24. The van der Waals surface area contributed by atoms with Crippen LogP contribution in [-0.2, 0) is 4.79 Å². The largest absolute Gasteiger partial charge is 0.356 e. The number of nitrogens with one attached hydrogen (secondary N) is 2. The number of nitrogens with zero attached hydrogens (tertiary/aromatic N) is 1. The normalized spacial score (nSPS) is 15.0. The van der Waals surface area contributed by atoms with Gasteiger partial charge in [-0.3, -0.25) is 4.79 Å². The van der Waals surface area contributed by atoms with E-state index in [2.05, 4.69) is 36.6 Å². The minimum atomic E-state index is 0.124. The van der Waals surface area contributed by atoms with Crippen LogP contribution in [0.25, 0.3) is 0 Å². The summed E-state index contributed by atoms with van der Waals surface area (Å²) in [5.41, 5.74) is 5.46. The van der Waals surface area contributed by atoms with Crippen LogP contribution in [0.2, 0.25) is 0 Å². The number of rotatable bonds is 4. The Balaban J connectivity index is 1.65. The van der Waals surface area contributed by atoms with Crippen molar-refractivity contribution in [2.45, 2.75) is 39.7 Å². The van der Waals surface area contributed by atoms with Crippen LogP contribution in [0.4, 0.5) is 11.4 Å². The van der Waals surface area contributed by atoms with E-state index in [0.717, 1.165) is 29.9 Å². The third kappa shape index (κ3) is 4.05. The molecule has 1 amide bonds. The maximum absolute atomic E-state index is 12.0. The predicted molar refractivity (Wildman–Crippen MR) is 112 cm³/mol. The lowest BCUT2D eigenvalue weighted by Crippen LogP contribution is -2.31. The van der Waals surface area contributed by atoms with Gasteiger partial charge in [-0.2, -0.15) is 0 Å². The quantitative estimate of drug-likeness (QED) is 0.782. The molecule has 2 N–H and O–H groups in total. The van der Waals surface area contributed by atoms with Crippen molar-refractivity contribution in [2.24, 2.45) is 0 Å². The lowest BCUT2D eigenvalue weighted by Gasteiger charge is -2.21. The second-order valence-electron chi connectivity index (χ2n) is 6.83. The van der Waals surface area contributed by atoms with Gasteiger partial charge in [0.1, 0.15) is 0 Å². The highest BCUT2D eigenvalue weighted by Crippen LogP contribution is 2.27. The summed E-state index contributed by atoms with van der Waals surface area (Å²) in [6.07, 6.45) is 1.58. The number of benzene rings is 2. The highest BCUT2D eigenvalue weighted by molar-refractivity contribution is 7.80. The van der Waals surface area contributed by atoms with Gasteiger partial charge in [0.05, 0.1) is 6.04 Å². The Bertz CT molecular complexity index is 834. The van der Waals surface area contributed by atoms with Crippen LogP contribution < -0.4 is 15.5 Å². The third-order valence-corrected chi connectivity index (χ3v) is 5.04. The second kappa shape index (κ2) is 7.87. The van der Waals surface area contributed by atoms with Gasteiger partial charge in [0.15, 0.2) is 5.11 Å².